The smallest absolute Gasteiger partial charge is 0.0697 e. The number of hydrogen-bond acceptors (Lipinski definition) is 2. The van der Waals surface area contributed by atoms with Gasteiger partial charge in [-0.2, -0.15) is 0 Å². The Morgan fingerprint density at radius 3 is 2.75 bits per heavy atom. The minimum absolute atomic E-state index is 0.0267. The van der Waals surface area contributed by atoms with Crippen molar-refractivity contribution in [2.24, 2.45) is 0 Å². The average molecular weight is 186 g/mol. The van der Waals surface area contributed by atoms with Crippen molar-refractivity contribution in [3.63, 3.8) is 0 Å². The zero-order valence-corrected chi connectivity index (χ0v) is 7.97. The number of rotatable bonds is 2. The molecule has 0 unspecified atom stereocenters. The Bertz CT molecular complexity index is 273. The van der Waals surface area contributed by atoms with Crippen LogP contribution in [0.2, 0.25) is 5.02 Å². The highest BCUT2D eigenvalue weighted by Crippen LogP contribution is 2.19. The van der Waals surface area contributed by atoms with Gasteiger partial charge in [0.15, 0.2) is 0 Å². The summed E-state index contributed by atoms with van der Waals surface area (Å²) in [5.74, 6) is 0.368. The molecule has 3 heteroatoms. The van der Waals surface area contributed by atoms with Gasteiger partial charge in [0.05, 0.1) is 11.6 Å². The molecular weight excluding hydrogens is 174 g/mol. The van der Waals surface area contributed by atoms with Crippen molar-refractivity contribution < 1.29 is 5.11 Å². The van der Waals surface area contributed by atoms with E-state index < -0.39 is 0 Å². The number of pyridine rings is 1. The van der Waals surface area contributed by atoms with E-state index in [-0.39, 0.29) is 6.61 Å². The fourth-order valence-electron chi connectivity index (χ4n) is 0.936. The monoisotopic (exact) mass is 185 g/mol. The third-order valence-electron chi connectivity index (χ3n) is 1.72. The second-order valence-corrected chi connectivity index (χ2v) is 3.42. The molecule has 0 aliphatic heterocycles. The van der Waals surface area contributed by atoms with Gasteiger partial charge in [0, 0.05) is 11.9 Å². The highest BCUT2D eigenvalue weighted by Gasteiger charge is 2.04. The Kier molecular flexibility index (Phi) is 3.06. The molecule has 0 bridgehead atoms. The number of hydrogen-bond donors (Lipinski definition) is 1. The Balaban J connectivity index is 3.05. The van der Waals surface area contributed by atoms with Gasteiger partial charge in [0.1, 0.15) is 0 Å². The SMILES string of the molecule is CC(C)c1cc(CO)c(Cl)cn1. The first-order valence-corrected chi connectivity index (χ1v) is 4.28. The van der Waals surface area contributed by atoms with Crippen LogP contribution < -0.4 is 0 Å². The molecule has 0 atom stereocenters. The summed E-state index contributed by atoms with van der Waals surface area (Å²) in [5, 5.41) is 9.44. The maximum absolute atomic E-state index is 8.91. The van der Waals surface area contributed by atoms with E-state index in [9.17, 15) is 0 Å². The van der Waals surface area contributed by atoms with Crippen LogP contribution in [0, 0.1) is 0 Å². The first kappa shape index (κ1) is 9.49. The van der Waals surface area contributed by atoms with Crippen molar-refractivity contribution in [2.45, 2.75) is 26.4 Å². The standard InChI is InChI=1S/C9H12ClNO/c1-6(2)9-3-7(5-12)8(10)4-11-9/h3-4,6,12H,5H2,1-2H3. The molecule has 12 heavy (non-hydrogen) atoms. The third kappa shape index (κ3) is 1.96. The molecule has 0 spiro atoms. The van der Waals surface area contributed by atoms with Crippen molar-refractivity contribution in [2.75, 3.05) is 0 Å². The molecule has 66 valence electrons. The molecule has 1 rings (SSSR count). The van der Waals surface area contributed by atoms with Crippen molar-refractivity contribution >= 4 is 11.6 Å². The van der Waals surface area contributed by atoms with E-state index in [2.05, 4.69) is 18.8 Å². The first-order chi connectivity index (χ1) is 5.65. The predicted molar refractivity (Wildman–Crippen MR) is 49.3 cm³/mol. The lowest BCUT2D eigenvalue weighted by molar-refractivity contribution is 0.281. The highest BCUT2D eigenvalue weighted by molar-refractivity contribution is 6.31. The summed E-state index contributed by atoms with van der Waals surface area (Å²) in [6, 6.07) is 1.84. The summed E-state index contributed by atoms with van der Waals surface area (Å²) in [6.45, 7) is 4.08. The van der Waals surface area contributed by atoms with Crippen LogP contribution in [0.15, 0.2) is 12.3 Å². The molecular formula is C9H12ClNO. The van der Waals surface area contributed by atoms with E-state index in [1.54, 1.807) is 6.20 Å². The van der Waals surface area contributed by atoms with Crippen LogP contribution in [0.3, 0.4) is 0 Å². The normalized spacial score (nSPS) is 10.8. The Hall–Kier alpha value is -0.600. The van der Waals surface area contributed by atoms with Gasteiger partial charge in [-0.05, 0) is 17.5 Å². The second kappa shape index (κ2) is 3.87. The summed E-state index contributed by atoms with van der Waals surface area (Å²) in [5.41, 5.74) is 1.71. The summed E-state index contributed by atoms with van der Waals surface area (Å²) < 4.78 is 0. The third-order valence-corrected chi connectivity index (χ3v) is 2.06. The summed E-state index contributed by atoms with van der Waals surface area (Å²) in [4.78, 5) is 4.14. The zero-order valence-electron chi connectivity index (χ0n) is 7.21. The predicted octanol–water partition coefficient (Wildman–Crippen LogP) is 2.35. The second-order valence-electron chi connectivity index (χ2n) is 3.01. The number of aliphatic hydroxyl groups excluding tert-OH is 1. The quantitative estimate of drug-likeness (QED) is 0.768. The zero-order chi connectivity index (χ0) is 9.14. The number of aliphatic hydroxyl groups is 1. The average Bonchev–Trinajstić information content (AvgIpc) is 2.05. The lowest BCUT2D eigenvalue weighted by Gasteiger charge is -2.06. The van der Waals surface area contributed by atoms with E-state index in [0.717, 1.165) is 11.3 Å². The molecule has 0 fully saturated rings. The van der Waals surface area contributed by atoms with Gasteiger partial charge >= 0.3 is 0 Å². The van der Waals surface area contributed by atoms with E-state index in [0.29, 0.717) is 10.9 Å². The van der Waals surface area contributed by atoms with Gasteiger partial charge in [-0.15, -0.1) is 0 Å². The van der Waals surface area contributed by atoms with Gasteiger partial charge < -0.3 is 5.11 Å². The van der Waals surface area contributed by atoms with E-state index in [1.807, 2.05) is 6.07 Å². The van der Waals surface area contributed by atoms with Crippen molar-refractivity contribution in [1.29, 1.82) is 0 Å². The van der Waals surface area contributed by atoms with Gasteiger partial charge in [-0.25, -0.2) is 0 Å². The number of aromatic nitrogens is 1. The summed E-state index contributed by atoms with van der Waals surface area (Å²) in [6.07, 6.45) is 1.59. The first-order valence-electron chi connectivity index (χ1n) is 3.90. The largest absolute Gasteiger partial charge is 0.392 e. The highest BCUT2D eigenvalue weighted by atomic mass is 35.5. The van der Waals surface area contributed by atoms with E-state index in [1.165, 1.54) is 0 Å². The maximum atomic E-state index is 8.91. The van der Waals surface area contributed by atoms with Gasteiger partial charge in [-0.1, -0.05) is 25.4 Å². The summed E-state index contributed by atoms with van der Waals surface area (Å²) >= 11 is 5.78. The van der Waals surface area contributed by atoms with Crippen LogP contribution in [0.4, 0.5) is 0 Å². The molecule has 1 heterocycles. The summed E-state index contributed by atoms with van der Waals surface area (Å²) in [7, 11) is 0. The van der Waals surface area contributed by atoms with Gasteiger partial charge in [0.2, 0.25) is 0 Å². The van der Waals surface area contributed by atoms with Crippen molar-refractivity contribution in [1.82, 2.24) is 4.98 Å². The lowest BCUT2D eigenvalue weighted by atomic mass is 10.1. The lowest BCUT2D eigenvalue weighted by Crippen LogP contribution is -1.95. The Morgan fingerprint density at radius 1 is 1.58 bits per heavy atom. The van der Waals surface area contributed by atoms with E-state index in [4.69, 9.17) is 16.7 Å². The molecule has 1 aromatic rings. The number of nitrogens with zero attached hydrogens (tertiary/aromatic N) is 1. The molecule has 2 nitrogen and oxygen atoms in total. The Morgan fingerprint density at radius 2 is 2.25 bits per heavy atom. The maximum Gasteiger partial charge on any atom is 0.0697 e. The van der Waals surface area contributed by atoms with Crippen molar-refractivity contribution in [3.05, 3.63) is 28.5 Å². The van der Waals surface area contributed by atoms with Crippen LogP contribution in [0.1, 0.15) is 31.0 Å². The van der Waals surface area contributed by atoms with Gasteiger partial charge in [-0.3, -0.25) is 4.98 Å². The minimum atomic E-state index is -0.0267. The molecule has 0 saturated carbocycles. The fourth-order valence-corrected chi connectivity index (χ4v) is 1.10. The van der Waals surface area contributed by atoms with Gasteiger partial charge in [0.25, 0.3) is 0 Å². The molecule has 0 saturated heterocycles. The molecule has 0 aliphatic carbocycles. The fraction of sp³-hybridized carbons (Fsp3) is 0.444. The molecule has 0 aromatic carbocycles. The molecule has 1 aromatic heterocycles. The molecule has 0 amide bonds. The molecule has 0 aliphatic rings. The molecule has 1 N–H and O–H groups in total. The van der Waals surface area contributed by atoms with Crippen LogP contribution in [0.25, 0.3) is 0 Å². The van der Waals surface area contributed by atoms with Crippen LogP contribution in [0.5, 0.6) is 0 Å². The van der Waals surface area contributed by atoms with E-state index >= 15 is 0 Å². The minimum Gasteiger partial charge on any atom is -0.392 e. The van der Waals surface area contributed by atoms with Crippen LogP contribution in [-0.4, -0.2) is 10.1 Å². The molecule has 0 radical (unpaired) electrons. The van der Waals surface area contributed by atoms with Crippen molar-refractivity contribution in [3.8, 4) is 0 Å². The Labute approximate surface area is 77.2 Å². The topological polar surface area (TPSA) is 33.1 Å². The van der Waals surface area contributed by atoms with Crippen LogP contribution in [-0.2, 0) is 6.61 Å². The number of halogens is 1. The van der Waals surface area contributed by atoms with Crippen LogP contribution >= 0.6 is 11.6 Å².